The molecule has 0 bridgehead atoms. The largest absolute Gasteiger partial charge is 0.478 e. The fourth-order valence-electron chi connectivity index (χ4n) is 2.02. The highest BCUT2D eigenvalue weighted by Gasteiger charge is 2.11. The smallest absolute Gasteiger partial charge is 0.335 e. The number of carbonyl (C=O) groups excluding carboxylic acids is 1. The molecule has 0 aliphatic rings. The topological polar surface area (TPSA) is 66.4 Å². The molecule has 2 aromatic carbocycles. The quantitative estimate of drug-likeness (QED) is 0.817. The predicted octanol–water partition coefficient (Wildman–Crippen LogP) is 4.39. The number of carbonyl (C=O) groups is 2. The van der Waals surface area contributed by atoms with E-state index in [-0.39, 0.29) is 22.2 Å². The molecule has 0 aliphatic heterocycles. The molecule has 0 aromatic heterocycles. The SMILES string of the molecule is CC(=Cc1ccccc1C)C(=O)Nc1cc(C(=O)O)ccc1Cl. The Labute approximate surface area is 139 Å². The normalized spacial score (nSPS) is 11.2. The van der Waals surface area contributed by atoms with Gasteiger partial charge in [-0.3, -0.25) is 4.79 Å². The zero-order valence-corrected chi connectivity index (χ0v) is 13.5. The number of anilines is 1. The summed E-state index contributed by atoms with van der Waals surface area (Å²) in [6, 6.07) is 11.9. The fraction of sp³-hybridized carbons (Fsp3) is 0.111. The number of carboxylic acid groups (broad SMARTS) is 1. The summed E-state index contributed by atoms with van der Waals surface area (Å²) in [6.45, 7) is 3.65. The van der Waals surface area contributed by atoms with Crippen LogP contribution in [0.15, 0.2) is 48.0 Å². The summed E-state index contributed by atoms with van der Waals surface area (Å²) in [5.41, 5.74) is 2.84. The molecule has 0 saturated carbocycles. The Morgan fingerprint density at radius 3 is 2.52 bits per heavy atom. The van der Waals surface area contributed by atoms with Gasteiger partial charge >= 0.3 is 5.97 Å². The van der Waals surface area contributed by atoms with Gasteiger partial charge in [0.05, 0.1) is 16.3 Å². The molecule has 0 unspecified atom stereocenters. The summed E-state index contributed by atoms with van der Waals surface area (Å²) in [6.07, 6.45) is 1.78. The molecule has 118 valence electrons. The Morgan fingerprint density at radius 1 is 1.17 bits per heavy atom. The molecule has 0 fully saturated rings. The number of amides is 1. The van der Waals surface area contributed by atoms with Crippen LogP contribution in [0.5, 0.6) is 0 Å². The second-order valence-corrected chi connectivity index (χ2v) is 5.55. The molecule has 4 nitrogen and oxygen atoms in total. The van der Waals surface area contributed by atoms with Crippen molar-refractivity contribution in [2.24, 2.45) is 0 Å². The highest BCUT2D eigenvalue weighted by molar-refractivity contribution is 6.34. The number of aryl methyl sites for hydroxylation is 1. The van der Waals surface area contributed by atoms with E-state index in [4.69, 9.17) is 16.7 Å². The van der Waals surface area contributed by atoms with Gasteiger partial charge in [-0.05, 0) is 49.2 Å². The number of nitrogens with one attached hydrogen (secondary N) is 1. The van der Waals surface area contributed by atoms with Crippen LogP contribution < -0.4 is 5.32 Å². The summed E-state index contributed by atoms with van der Waals surface area (Å²) in [4.78, 5) is 23.3. The van der Waals surface area contributed by atoms with Crippen LogP contribution >= 0.6 is 11.6 Å². The molecule has 0 aliphatic carbocycles. The number of rotatable bonds is 4. The number of hydrogen-bond donors (Lipinski definition) is 2. The Morgan fingerprint density at radius 2 is 1.87 bits per heavy atom. The van der Waals surface area contributed by atoms with Crippen molar-refractivity contribution < 1.29 is 14.7 Å². The summed E-state index contributed by atoms with van der Waals surface area (Å²) in [5, 5.41) is 11.9. The number of carboxylic acids is 1. The predicted molar refractivity (Wildman–Crippen MR) is 91.9 cm³/mol. The summed E-state index contributed by atoms with van der Waals surface area (Å²) in [7, 11) is 0. The molecule has 2 aromatic rings. The maximum Gasteiger partial charge on any atom is 0.335 e. The van der Waals surface area contributed by atoms with Crippen LogP contribution in [0, 0.1) is 6.92 Å². The Kier molecular flexibility index (Phi) is 5.19. The molecular formula is C18H16ClNO3. The van der Waals surface area contributed by atoms with Gasteiger partial charge in [0.25, 0.3) is 5.91 Å². The van der Waals surface area contributed by atoms with Crippen LogP contribution in [0.2, 0.25) is 5.02 Å². The van der Waals surface area contributed by atoms with Gasteiger partial charge in [0.15, 0.2) is 0 Å². The van der Waals surface area contributed by atoms with Crippen LogP contribution in [-0.4, -0.2) is 17.0 Å². The van der Waals surface area contributed by atoms with E-state index in [1.807, 2.05) is 31.2 Å². The lowest BCUT2D eigenvalue weighted by atomic mass is 10.1. The minimum atomic E-state index is -1.08. The lowest BCUT2D eigenvalue weighted by Crippen LogP contribution is -2.13. The number of halogens is 1. The fourth-order valence-corrected chi connectivity index (χ4v) is 2.19. The monoisotopic (exact) mass is 329 g/mol. The highest BCUT2D eigenvalue weighted by atomic mass is 35.5. The first kappa shape index (κ1) is 16.8. The van der Waals surface area contributed by atoms with Gasteiger partial charge in [-0.2, -0.15) is 0 Å². The molecule has 0 heterocycles. The molecular weight excluding hydrogens is 314 g/mol. The van der Waals surface area contributed by atoms with Gasteiger partial charge in [0, 0.05) is 5.57 Å². The third kappa shape index (κ3) is 4.20. The van der Waals surface area contributed by atoms with E-state index in [2.05, 4.69) is 5.32 Å². The van der Waals surface area contributed by atoms with Crippen LogP contribution in [0.25, 0.3) is 6.08 Å². The standard InChI is InChI=1S/C18H16ClNO3/c1-11-5-3-4-6-13(11)9-12(2)17(21)20-16-10-14(18(22)23)7-8-15(16)19/h3-10H,1-2H3,(H,20,21)(H,22,23). The van der Waals surface area contributed by atoms with E-state index < -0.39 is 5.97 Å². The van der Waals surface area contributed by atoms with E-state index in [9.17, 15) is 9.59 Å². The van der Waals surface area contributed by atoms with Crippen molar-refractivity contribution in [1.29, 1.82) is 0 Å². The van der Waals surface area contributed by atoms with E-state index >= 15 is 0 Å². The van der Waals surface area contributed by atoms with E-state index in [1.165, 1.54) is 18.2 Å². The van der Waals surface area contributed by atoms with Crippen LogP contribution in [-0.2, 0) is 4.79 Å². The van der Waals surface area contributed by atoms with Crippen molar-refractivity contribution in [2.75, 3.05) is 5.32 Å². The maximum absolute atomic E-state index is 12.3. The highest BCUT2D eigenvalue weighted by Crippen LogP contribution is 2.24. The van der Waals surface area contributed by atoms with Crippen LogP contribution in [0.4, 0.5) is 5.69 Å². The molecule has 5 heteroatoms. The molecule has 23 heavy (non-hydrogen) atoms. The van der Waals surface area contributed by atoms with Gasteiger partial charge < -0.3 is 10.4 Å². The van der Waals surface area contributed by atoms with E-state index in [0.29, 0.717) is 5.57 Å². The van der Waals surface area contributed by atoms with Crippen molar-refractivity contribution >= 4 is 35.2 Å². The summed E-state index contributed by atoms with van der Waals surface area (Å²) >= 11 is 6.01. The average Bonchev–Trinajstić information content (AvgIpc) is 2.51. The zero-order chi connectivity index (χ0) is 17.0. The first-order valence-electron chi connectivity index (χ1n) is 6.96. The van der Waals surface area contributed by atoms with E-state index in [1.54, 1.807) is 13.0 Å². The van der Waals surface area contributed by atoms with Gasteiger partial charge in [0.1, 0.15) is 0 Å². The van der Waals surface area contributed by atoms with Gasteiger partial charge in [-0.1, -0.05) is 35.9 Å². The third-order valence-corrected chi connectivity index (χ3v) is 3.71. The first-order valence-corrected chi connectivity index (χ1v) is 7.34. The van der Waals surface area contributed by atoms with Crippen molar-refractivity contribution in [3.05, 3.63) is 69.8 Å². The lowest BCUT2D eigenvalue weighted by Gasteiger charge is -2.09. The lowest BCUT2D eigenvalue weighted by molar-refractivity contribution is -0.112. The van der Waals surface area contributed by atoms with Crippen LogP contribution in [0.3, 0.4) is 0 Å². The first-order chi connectivity index (χ1) is 10.9. The third-order valence-electron chi connectivity index (χ3n) is 3.38. The number of benzene rings is 2. The van der Waals surface area contributed by atoms with Gasteiger partial charge in [-0.25, -0.2) is 4.79 Å². The zero-order valence-electron chi connectivity index (χ0n) is 12.8. The molecule has 0 radical (unpaired) electrons. The van der Waals surface area contributed by atoms with Gasteiger partial charge in [0.2, 0.25) is 0 Å². The minimum absolute atomic E-state index is 0.0604. The Hall–Kier alpha value is -2.59. The molecule has 2 N–H and O–H groups in total. The van der Waals surface area contributed by atoms with Crippen molar-refractivity contribution in [1.82, 2.24) is 0 Å². The summed E-state index contributed by atoms with van der Waals surface area (Å²) < 4.78 is 0. The molecule has 1 amide bonds. The molecule has 2 rings (SSSR count). The minimum Gasteiger partial charge on any atom is -0.478 e. The van der Waals surface area contributed by atoms with Crippen molar-refractivity contribution in [3.63, 3.8) is 0 Å². The number of aromatic carboxylic acids is 1. The second-order valence-electron chi connectivity index (χ2n) is 5.14. The molecule has 0 saturated heterocycles. The Balaban J connectivity index is 2.23. The second kappa shape index (κ2) is 7.11. The van der Waals surface area contributed by atoms with Crippen molar-refractivity contribution in [2.45, 2.75) is 13.8 Å². The molecule has 0 spiro atoms. The number of hydrogen-bond acceptors (Lipinski definition) is 2. The maximum atomic E-state index is 12.3. The van der Waals surface area contributed by atoms with E-state index in [0.717, 1.165) is 11.1 Å². The Bertz CT molecular complexity index is 797. The van der Waals surface area contributed by atoms with Gasteiger partial charge in [-0.15, -0.1) is 0 Å². The van der Waals surface area contributed by atoms with Crippen LogP contribution in [0.1, 0.15) is 28.4 Å². The van der Waals surface area contributed by atoms with Crippen molar-refractivity contribution in [3.8, 4) is 0 Å². The molecule has 0 atom stereocenters. The average molecular weight is 330 g/mol. The summed E-state index contributed by atoms with van der Waals surface area (Å²) in [5.74, 6) is -1.41.